The SMILES string of the molecule is Cc1cc(Br)ccc1NC(=O)CNC(=O)COc1ccc(F)cc1. The Labute approximate surface area is 147 Å². The van der Waals surface area contributed by atoms with Crippen molar-refractivity contribution in [2.24, 2.45) is 0 Å². The highest BCUT2D eigenvalue weighted by Crippen LogP contribution is 2.19. The van der Waals surface area contributed by atoms with Crippen LogP contribution in [0, 0.1) is 12.7 Å². The zero-order chi connectivity index (χ0) is 17.5. The lowest BCUT2D eigenvalue weighted by Crippen LogP contribution is -2.35. The van der Waals surface area contributed by atoms with Crippen LogP contribution < -0.4 is 15.4 Å². The van der Waals surface area contributed by atoms with Crippen LogP contribution in [0.25, 0.3) is 0 Å². The van der Waals surface area contributed by atoms with Gasteiger partial charge in [0.25, 0.3) is 5.91 Å². The standard InChI is InChI=1S/C17H16BrFN2O3/c1-11-8-12(18)2-7-15(11)21-16(22)9-20-17(23)10-24-14-5-3-13(19)4-6-14/h2-8H,9-10H2,1H3,(H,20,23)(H,21,22). The fraction of sp³-hybridized carbons (Fsp3) is 0.176. The number of carbonyl (C=O) groups excluding carboxylic acids is 2. The third kappa shape index (κ3) is 5.66. The molecular formula is C17H16BrFN2O3. The highest BCUT2D eigenvalue weighted by molar-refractivity contribution is 9.10. The summed E-state index contributed by atoms with van der Waals surface area (Å²) < 4.78 is 18.9. The number of halogens is 2. The number of aryl methyl sites for hydroxylation is 1. The predicted octanol–water partition coefficient (Wildman–Crippen LogP) is 3.03. The summed E-state index contributed by atoms with van der Waals surface area (Å²) in [6.45, 7) is 1.45. The van der Waals surface area contributed by atoms with E-state index in [0.717, 1.165) is 10.0 Å². The highest BCUT2D eigenvalue weighted by atomic mass is 79.9. The molecule has 0 heterocycles. The van der Waals surface area contributed by atoms with E-state index >= 15 is 0 Å². The van der Waals surface area contributed by atoms with Gasteiger partial charge in [-0.15, -0.1) is 0 Å². The highest BCUT2D eigenvalue weighted by Gasteiger charge is 2.08. The van der Waals surface area contributed by atoms with Crippen molar-refractivity contribution in [3.05, 3.63) is 58.3 Å². The van der Waals surface area contributed by atoms with Crippen LogP contribution in [0.15, 0.2) is 46.9 Å². The van der Waals surface area contributed by atoms with Crippen LogP contribution in [0.1, 0.15) is 5.56 Å². The number of ether oxygens (including phenoxy) is 1. The summed E-state index contributed by atoms with van der Waals surface area (Å²) in [6.07, 6.45) is 0. The van der Waals surface area contributed by atoms with Gasteiger partial charge in [0.1, 0.15) is 11.6 Å². The van der Waals surface area contributed by atoms with E-state index in [-0.39, 0.29) is 24.9 Å². The molecule has 2 N–H and O–H groups in total. The van der Waals surface area contributed by atoms with E-state index in [4.69, 9.17) is 4.74 Å². The van der Waals surface area contributed by atoms with Gasteiger partial charge >= 0.3 is 0 Å². The van der Waals surface area contributed by atoms with E-state index in [0.29, 0.717) is 11.4 Å². The fourth-order valence-corrected chi connectivity index (χ4v) is 2.35. The van der Waals surface area contributed by atoms with E-state index in [1.165, 1.54) is 24.3 Å². The molecule has 126 valence electrons. The van der Waals surface area contributed by atoms with Gasteiger partial charge in [-0.25, -0.2) is 4.39 Å². The van der Waals surface area contributed by atoms with Gasteiger partial charge in [-0.3, -0.25) is 9.59 Å². The Hall–Kier alpha value is -2.41. The number of hydrogen-bond donors (Lipinski definition) is 2. The molecule has 0 saturated heterocycles. The van der Waals surface area contributed by atoms with Gasteiger partial charge < -0.3 is 15.4 Å². The lowest BCUT2D eigenvalue weighted by molar-refractivity contribution is -0.125. The molecule has 7 heteroatoms. The smallest absolute Gasteiger partial charge is 0.258 e. The van der Waals surface area contributed by atoms with Crippen LogP contribution in [-0.2, 0) is 9.59 Å². The zero-order valence-electron chi connectivity index (χ0n) is 12.9. The van der Waals surface area contributed by atoms with Crippen LogP contribution in [-0.4, -0.2) is 25.0 Å². The largest absolute Gasteiger partial charge is 0.484 e. The first-order chi connectivity index (χ1) is 11.4. The number of anilines is 1. The summed E-state index contributed by atoms with van der Waals surface area (Å²) in [5.41, 5.74) is 1.59. The predicted molar refractivity (Wildman–Crippen MR) is 92.4 cm³/mol. The van der Waals surface area contributed by atoms with Crippen LogP contribution in [0.4, 0.5) is 10.1 Å². The average Bonchev–Trinajstić information content (AvgIpc) is 2.55. The van der Waals surface area contributed by atoms with Gasteiger partial charge in [0.15, 0.2) is 6.61 Å². The second-order valence-electron chi connectivity index (χ2n) is 5.03. The molecule has 0 fully saturated rings. The number of nitrogens with one attached hydrogen (secondary N) is 2. The molecule has 0 aromatic heterocycles. The second-order valence-corrected chi connectivity index (χ2v) is 5.94. The van der Waals surface area contributed by atoms with Crippen molar-refractivity contribution in [3.63, 3.8) is 0 Å². The lowest BCUT2D eigenvalue weighted by atomic mass is 10.2. The van der Waals surface area contributed by atoms with E-state index < -0.39 is 5.91 Å². The van der Waals surface area contributed by atoms with E-state index in [9.17, 15) is 14.0 Å². The van der Waals surface area contributed by atoms with E-state index in [1.54, 1.807) is 6.07 Å². The molecule has 2 aromatic carbocycles. The zero-order valence-corrected chi connectivity index (χ0v) is 14.5. The Morgan fingerprint density at radius 2 is 1.83 bits per heavy atom. The summed E-state index contributed by atoms with van der Waals surface area (Å²) >= 11 is 3.35. The van der Waals surface area contributed by atoms with Gasteiger partial charge in [-0.1, -0.05) is 15.9 Å². The minimum atomic E-state index is -0.443. The number of rotatable bonds is 6. The van der Waals surface area contributed by atoms with Gasteiger partial charge in [-0.05, 0) is 55.0 Å². The third-order valence-corrected chi connectivity index (χ3v) is 3.59. The molecule has 0 atom stereocenters. The maximum Gasteiger partial charge on any atom is 0.258 e. The summed E-state index contributed by atoms with van der Waals surface area (Å²) in [6, 6.07) is 10.8. The van der Waals surface area contributed by atoms with Crippen molar-refractivity contribution in [2.75, 3.05) is 18.5 Å². The summed E-state index contributed by atoms with van der Waals surface area (Å²) in [5.74, 6) is -0.786. The Bertz CT molecular complexity index is 735. The first-order valence-electron chi connectivity index (χ1n) is 7.15. The molecule has 24 heavy (non-hydrogen) atoms. The maximum absolute atomic E-state index is 12.7. The molecular weight excluding hydrogens is 379 g/mol. The Morgan fingerprint density at radius 1 is 1.12 bits per heavy atom. The molecule has 0 unspecified atom stereocenters. The van der Waals surface area contributed by atoms with Crippen molar-refractivity contribution >= 4 is 33.4 Å². The number of hydrogen-bond acceptors (Lipinski definition) is 3. The lowest BCUT2D eigenvalue weighted by Gasteiger charge is -2.10. The van der Waals surface area contributed by atoms with E-state index in [1.807, 2.05) is 19.1 Å². The molecule has 0 saturated carbocycles. The van der Waals surface area contributed by atoms with E-state index in [2.05, 4.69) is 26.6 Å². The summed E-state index contributed by atoms with van der Waals surface area (Å²) in [5, 5.41) is 5.17. The molecule has 0 aliphatic rings. The fourth-order valence-electron chi connectivity index (χ4n) is 1.87. The Balaban J connectivity index is 1.74. The monoisotopic (exact) mass is 394 g/mol. The van der Waals surface area contributed by atoms with Crippen LogP contribution in [0.5, 0.6) is 5.75 Å². The quantitative estimate of drug-likeness (QED) is 0.790. The topological polar surface area (TPSA) is 67.4 Å². The van der Waals surface area contributed by atoms with Crippen molar-refractivity contribution in [2.45, 2.75) is 6.92 Å². The van der Waals surface area contributed by atoms with Gasteiger partial charge in [0, 0.05) is 10.2 Å². The first kappa shape index (κ1) is 17.9. The van der Waals surface area contributed by atoms with Crippen LogP contribution in [0.2, 0.25) is 0 Å². The molecule has 5 nitrogen and oxygen atoms in total. The normalized spacial score (nSPS) is 10.1. The molecule has 2 rings (SSSR count). The van der Waals surface area contributed by atoms with Gasteiger partial charge in [-0.2, -0.15) is 0 Å². The van der Waals surface area contributed by atoms with Crippen molar-refractivity contribution < 1.29 is 18.7 Å². The maximum atomic E-state index is 12.7. The molecule has 2 amide bonds. The average molecular weight is 395 g/mol. The van der Waals surface area contributed by atoms with Crippen molar-refractivity contribution in [1.29, 1.82) is 0 Å². The van der Waals surface area contributed by atoms with Crippen LogP contribution in [0.3, 0.4) is 0 Å². The molecule has 0 aliphatic carbocycles. The second kappa shape index (κ2) is 8.44. The first-order valence-corrected chi connectivity index (χ1v) is 7.94. The molecule has 2 aromatic rings. The van der Waals surface area contributed by atoms with Gasteiger partial charge in [0.2, 0.25) is 5.91 Å². The number of amides is 2. The molecule has 0 bridgehead atoms. The van der Waals surface area contributed by atoms with Crippen LogP contribution >= 0.6 is 15.9 Å². The summed E-state index contributed by atoms with van der Waals surface area (Å²) in [7, 11) is 0. The molecule has 0 aliphatic heterocycles. The minimum absolute atomic E-state index is 0.166. The Morgan fingerprint density at radius 3 is 2.50 bits per heavy atom. The Kier molecular flexibility index (Phi) is 6.31. The minimum Gasteiger partial charge on any atom is -0.484 e. The summed E-state index contributed by atoms with van der Waals surface area (Å²) in [4.78, 5) is 23.5. The third-order valence-electron chi connectivity index (χ3n) is 3.09. The molecule has 0 spiro atoms. The van der Waals surface area contributed by atoms with Crippen molar-refractivity contribution in [1.82, 2.24) is 5.32 Å². The number of benzene rings is 2. The molecule has 0 radical (unpaired) electrons. The van der Waals surface area contributed by atoms with Crippen molar-refractivity contribution in [3.8, 4) is 5.75 Å². The van der Waals surface area contributed by atoms with Gasteiger partial charge in [0.05, 0.1) is 6.54 Å². The number of carbonyl (C=O) groups is 2.